The summed E-state index contributed by atoms with van der Waals surface area (Å²) in [6.07, 6.45) is 0. The van der Waals surface area contributed by atoms with Crippen LogP contribution in [0.15, 0.2) is 36.4 Å². The van der Waals surface area contributed by atoms with Gasteiger partial charge in [-0.15, -0.1) is 0 Å². The van der Waals surface area contributed by atoms with Gasteiger partial charge in [0, 0.05) is 5.56 Å². The van der Waals surface area contributed by atoms with Crippen molar-refractivity contribution in [1.82, 2.24) is 0 Å². The molecule has 2 nitrogen and oxygen atoms in total. The number of ether oxygens (including phenoxy) is 1. The summed E-state index contributed by atoms with van der Waals surface area (Å²) < 4.78 is 33.4. The van der Waals surface area contributed by atoms with Gasteiger partial charge in [-0.2, -0.15) is 0 Å². The number of benzene rings is 2. The minimum absolute atomic E-state index is 0.134. The standard InChI is InChI=1S/C16H17F2NO/c1-10-7-8-13(17)14(15(10)18)16(2,19)11-5-4-6-12(9-11)20-3/h4-9H,19H2,1-3H3. The zero-order chi connectivity index (χ0) is 14.9. The van der Waals surface area contributed by atoms with Crippen LogP contribution in [0.5, 0.6) is 5.75 Å². The molecule has 2 aromatic rings. The Bertz CT molecular complexity index is 638. The molecule has 1 unspecified atom stereocenters. The number of hydrogen-bond donors (Lipinski definition) is 1. The Kier molecular flexibility index (Phi) is 3.77. The molecule has 106 valence electrons. The van der Waals surface area contributed by atoms with E-state index in [1.165, 1.54) is 19.2 Å². The van der Waals surface area contributed by atoms with Crippen LogP contribution in [0.4, 0.5) is 8.78 Å². The third-order valence-corrected chi connectivity index (χ3v) is 3.47. The molecule has 4 heteroatoms. The van der Waals surface area contributed by atoms with Crippen LogP contribution in [-0.4, -0.2) is 7.11 Å². The van der Waals surface area contributed by atoms with Gasteiger partial charge in [-0.1, -0.05) is 18.2 Å². The molecule has 0 aromatic heterocycles. The lowest BCUT2D eigenvalue weighted by molar-refractivity contribution is 0.411. The van der Waals surface area contributed by atoms with Crippen molar-refractivity contribution in [2.45, 2.75) is 19.4 Å². The van der Waals surface area contributed by atoms with E-state index in [9.17, 15) is 8.78 Å². The van der Waals surface area contributed by atoms with E-state index < -0.39 is 17.2 Å². The molecule has 2 aromatic carbocycles. The number of aryl methyl sites for hydroxylation is 1. The number of rotatable bonds is 3. The average molecular weight is 277 g/mol. The highest BCUT2D eigenvalue weighted by Crippen LogP contribution is 2.33. The Morgan fingerprint density at radius 1 is 1.15 bits per heavy atom. The Morgan fingerprint density at radius 3 is 2.50 bits per heavy atom. The Balaban J connectivity index is 2.63. The van der Waals surface area contributed by atoms with Crippen molar-refractivity contribution >= 4 is 0 Å². The van der Waals surface area contributed by atoms with Gasteiger partial charge in [0.1, 0.15) is 17.4 Å². The van der Waals surface area contributed by atoms with E-state index in [2.05, 4.69) is 0 Å². The molecule has 0 aliphatic rings. The summed E-state index contributed by atoms with van der Waals surface area (Å²) in [5, 5.41) is 0. The molecule has 0 aliphatic heterocycles. The van der Waals surface area contributed by atoms with Crippen LogP contribution >= 0.6 is 0 Å². The topological polar surface area (TPSA) is 35.2 Å². The van der Waals surface area contributed by atoms with Gasteiger partial charge < -0.3 is 10.5 Å². The van der Waals surface area contributed by atoms with E-state index in [4.69, 9.17) is 10.5 Å². The smallest absolute Gasteiger partial charge is 0.134 e. The van der Waals surface area contributed by atoms with Crippen molar-refractivity contribution in [3.05, 3.63) is 64.7 Å². The van der Waals surface area contributed by atoms with Crippen molar-refractivity contribution < 1.29 is 13.5 Å². The van der Waals surface area contributed by atoms with Gasteiger partial charge in [0.15, 0.2) is 0 Å². The molecular formula is C16H17F2NO. The van der Waals surface area contributed by atoms with Crippen LogP contribution in [0.25, 0.3) is 0 Å². The molecule has 0 fully saturated rings. The van der Waals surface area contributed by atoms with Gasteiger partial charge >= 0.3 is 0 Å². The first-order chi connectivity index (χ1) is 9.37. The molecule has 2 rings (SSSR count). The lowest BCUT2D eigenvalue weighted by Crippen LogP contribution is -2.36. The maximum atomic E-state index is 14.3. The highest BCUT2D eigenvalue weighted by atomic mass is 19.1. The average Bonchev–Trinajstić information content (AvgIpc) is 2.43. The van der Waals surface area contributed by atoms with Crippen LogP contribution in [-0.2, 0) is 5.54 Å². The monoisotopic (exact) mass is 277 g/mol. The second kappa shape index (κ2) is 5.21. The second-order valence-electron chi connectivity index (χ2n) is 4.99. The van der Waals surface area contributed by atoms with E-state index in [1.807, 2.05) is 0 Å². The summed E-state index contributed by atoms with van der Waals surface area (Å²) in [7, 11) is 1.53. The van der Waals surface area contributed by atoms with Crippen LogP contribution in [0, 0.1) is 18.6 Å². The van der Waals surface area contributed by atoms with Crippen LogP contribution in [0.1, 0.15) is 23.6 Å². The number of methoxy groups -OCH3 is 1. The summed E-state index contributed by atoms with van der Waals surface area (Å²) in [6, 6.07) is 9.53. The van der Waals surface area contributed by atoms with Gasteiger partial charge in [0.25, 0.3) is 0 Å². The van der Waals surface area contributed by atoms with E-state index in [0.29, 0.717) is 16.9 Å². The van der Waals surface area contributed by atoms with Crippen molar-refractivity contribution in [2.24, 2.45) is 5.73 Å². The first kappa shape index (κ1) is 14.5. The van der Waals surface area contributed by atoms with Gasteiger partial charge in [-0.25, -0.2) is 8.78 Å². The van der Waals surface area contributed by atoms with E-state index in [1.54, 1.807) is 38.1 Å². The summed E-state index contributed by atoms with van der Waals surface area (Å²) in [6.45, 7) is 3.17. The molecule has 0 heterocycles. The molecular weight excluding hydrogens is 260 g/mol. The zero-order valence-electron chi connectivity index (χ0n) is 11.7. The molecule has 0 aliphatic carbocycles. The van der Waals surface area contributed by atoms with Crippen molar-refractivity contribution in [1.29, 1.82) is 0 Å². The predicted octanol–water partition coefficient (Wildman–Crippen LogP) is 3.50. The number of hydrogen-bond acceptors (Lipinski definition) is 2. The third-order valence-electron chi connectivity index (χ3n) is 3.47. The van der Waals surface area contributed by atoms with E-state index in [0.717, 1.165) is 0 Å². The lowest BCUT2D eigenvalue weighted by atomic mass is 9.84. The van der Waals surface area contributed by atoms with Gasteiger partial charge in [-0.3, -0.25) is 0 Å². The fourth-order valence-corrected chi connectivity index (χ4v) is 2.22. The first-order valence-electron chi connectivity index (χ1n) is 6.26. The van der Waals surface area contributed by atoms with Crippen LogP contribution in [0.2, 0.25) is 0 Å². The molecule has 0 radical (unpaired) electrons. The van der Waals surface area contributed by atoms with Crippen molar-refractivity contribution in [3.63, 3.8) is 0 Å². The summed E-state index contributed by atoms with van der Waals surface area (Å²) >= 11 is 0. The highest BCUT2D eigenvalue weighted by molar-refractivity contribution is 5.43. The quantitative estimate of drug-likeness (QED) is 0.932. The minimum atomic E-state index is -1.28. The van der Waals surface area contributed by atoms with Crippen LogP contribution < -0.4 is 10.5 Å². The SMILES string of the molecule is COc1cccc(C(C)(N)c2c(F)ccc(C)c2F)c1. The molecule has 2 N–H and O–H groups in total. The van der Waals surface area contributed by atoms with Gasteiger partial charge in [0.05, 0.1) is 12.6 Å². The fourth-order valence-electron chi connectivity index (χ4n) is 2.22. The van der Waals surface area contributed by atoms with Crippen LogP contribution in [0.3, 0.4) is 0 Å². The molecule has 20 heavy (non-hydrogen) atoms. The molecule has 0 saturated carbocycles. The molecule has 0 spiro atoms. The number of halogens is 2. The maximum absolute atomic E-state index is 14.3. The van der Waals surface area contributed by atoms with Crippen molar-refractivity contribution in [2.75, 3.05) is 7.11 Å². The zero-order valence-corrected chi connectivity index (χ0v) is 11.7. The normalized spacial score (nSPS) is 13.9. The Hall–Kier alpha value is -1.94. The second-order valence-corrected chi connectivity index (χ2v) is 4.99. The largest absolute Gasteiger partial charge is 0.497 e. The first-order valence-corrected chi connectivity index (χ1v) is 6.26. The number of nitrogens with two attached hydrogens (primary N) is 1. The lowest BCUT2D eigenvalue weighted by Gasteiger charge is -2.27. The highest BCUT2D eigenvalue weighted by Gasteiger charge is 2.31. The molecule has 1 atom stereocenters. The molecule has 0 amide bonds. The minimum Gasteiger partial charge on any atom is -0.497 e. The van der Waals surface area contributed by atoms with E-state index in [-0.39, 0.29) is 5.56 Å². The molecule has 0 bridgehead atoms. The summed E-state index contributed by atoms with van der Waals surface area (Å²) in [5.41, 5.74) is 5.75. The molecule has 0 saturated heterocycles. The van der Waals surface area contributed by atoms with Gasteiger partial charge in [-0.05, 0) is 43.2 Å². The summed E-state index contributed by atoms with van der Waals surface area (Å²) in [5.74, 6) is -0.675. The fraction of sp³-hybridized carbons (Fsp3) is 0.250. The maximum Gasteiger partial charge on any atom is 0.134 e. The predicted molar refractivity (Wildman–Crippen MR) is 74.7 cm³/mol. The third kappa shape index (κ3) is 2.39. The van der Waals surface area contributed by atoms with Crippen molar-refractivity contribution in [3.8, 4) is 5.75 Å². The van der Waals surface area contributed by atoms with E-state index >= 15 is 0 Å². The summed E-state index contributed by atoms with van der Waals surface area (Å²) in [4.78, 5) is 0. The Morgan fingerprint density at radius 2 is 1.85 bits per heavy atom. The van der Waals surface area contributed by atoms with Gasteiger partial charge in [0.2, 0.25) is 0 Å². The Labute approximate surface area is 117 Å².